The van der Waals surface area contributed by atoms with Crippen LogP contribution in [0.25, 0.3) is 21.4 Å². The second-order valence-electron chi connectivity index (χ2n) is 9.05. The van der Waals surface area contributed by atoms with Crippen LogP contribution >= 0.6 is 11.3 Å². The molecule has 0 amide bonds. The summed E-state index contributed by atoms with van der Waals surface area (Å²) in [5.41, 5.74) is 3.96. The number of aromatic nitrogens is 4. The average Bonchev–Trinajstić information content (AvgIpc) is 3.47. The van der Waals surface area contributed by atoms with Crippen molar-refractivity contribution in [2.45, 2.75) is 25.4 Å². The zero-order valence-corrected chi connectivity index (χ0v) is 20.6. The molecule has 184 valence electrons. The van der Waals surface area contributed by atoms with Crippen LogP contribution in [0.15, 0.2) is 66.9 Å². The monoisotopic (exact) mass is 502 g/mol. The van der Waals surface area contributed by atoms with Crippen LogP contribution < -0.4 is 10.1 Å². The largest absolute Gasteiger partial charge is 0.469 e. The SMILES string of the molecule is Fc1ccc(Cn2c(NC3CCN(CCOc4nc5cccnc5s4)CC3)nc3ccccc32)cc1. The molecule has 36 heavy (non-hydrogen) atoms. The van der Waals surface area contributed by atoms with Gasteiger partial charge in [-0.15, -0.1) is 0 Å². The predicted molar refractivity (Wildman–Crippen MR) is 141 cm³/mol. The second kappa shape index (κ2) is 10.2. The van der Waals surface area contributed by atoms with Gasteiger partial charge in [0.25, 0.3) is 5.19 Å². The van der Waals surface area contributed by atoms with E-state index in [1.54, 1.807) is 6.20 Å². The highest BCUT2D eigenvalue weighted by molar-refractivity contribution is 7.19. The van der Waals surface area contributed by atoms with Crippen LogP contribution in [0.2, 0.25) is 0 Å². The van der Waals surface area contributed by atoms with Gasteiger partial charge in [-0.1, -0.05) is 35.6 Å². The maximum absolute atomic E-state index is 13.4. The summed E-state index contributed by atoms with van der Waals surface area (Å²) in [7, 11) is 0. The van der Waals surface area contributed by atoms with E-state index in [2.05, 4.69) is 30.8 Å². The molecule has 1 aliphatic rings. The molecule has 0 saturated carbocycles. The summed E-state index contributed by atoms with van der Waals surface area (Å²) >= 11 is 1.49. The van der Waals surface area contributed by atoms with Crippen LogP contribution in [-0.4, -0.2) is 56.7 Å². The number of nitrogens with one attached hydrogen (secondary N) is 1. The number of imidazole rings is 1. The number of piperidine rings is 1. The Labute approximate surface area is 212 Å². The van der Waals surface area contributed by atoms with E-state index in [9.17, 15) is 4.39 Å². The van der Waals surface area contributed by atoms with Crippen LogP contribution in [-0.2, 0) is 6.54 Å². The number of hydrogen-bond donors (Lipinski definition) is 1. The summed E-state index contributed by atoms with van der Waals surface area (Å²) in [5.74, 6) is 0.647. The molecule has 0 aliphatic carbocycles. The number of thiazole rings is 1. The molecule has 1 saturated heterocycles. The van der Waals surface area contributed by atoms with Crippen LogP contribution in [0, 0.1) is 5.82 Å². The zero-order valence-electron chi connectivity index (χ0n) is 19.8. The molecule has 0 spiro atoms. The number of halogens is 1. The average molecular weight is 503 g/mol. The molecule has 1 aliphatic heterocycles. The molecule has 9 heteroatoms. The third kappa shape index (κ3) is 5.03. The van der Waals surface area contributed by atoms with E-state index in [1.165, 1.54) is 23.5 Å². The maximum atomic E-state index is 13.4. The molecule has 7 nitrogen and oxygen atoms in total. The van der Waals surface area contributed by atoms with Crippen molar-refractivity contribution in [1.29, 1.82) is 0 Å². The third-order valence-corrected chi connectivity index (χ3v) is 7.50. The lowest BCUT2D eigenvalue weighted by Gasteiger charge is -2.32. The van der Waals surface area contributed by atoms with Crippen molar-refractivity contribution >= 4 is 38.7 Å². The Kier molecular flexibility index (Phi) is 6.48. The molecule has 1 fully saturated rings. The third-order valence-electron chi connectivity index (χ3n) is 6.61. The number of anilines is 1. The second-order valence-corrected chi connectivity index (χ2v) is 9.99. The van der Waals surface area contributed by atoms with E-state index >= 15 is 0 Å². The number of ether oxygens (including phenoxy) is 1. The smallest absolute Gasteiger partial charge is 0.275 e. The first kappa shape index (κ1) is 22.9. The number of likely N-dealkylation sites (tertiary alicyclic amines) is 1. The fourth-order valence-electron chi connectivity index (χ4n) is 4.68. The number of fused-ring (bicyclic) bond motifs is 2. The molecule has 0 atom stereocenters. The van der Waals surface area contributed by atoms with Gasteiger partial charge in [0.1, 0.15) is 22.8 Å². The van der Waals surface area contributed by atoms with Crippen LogP contribution in [0.1, 0.15) is 18.4 Å². The fourth-order valence-corrected chi connectivity index (χ4v) is 5.46. The van der Waals surface area contributed by atoms with E-state index in [-0.39, 0.29) is 5.82 Å². The summed E-state index contributed by atoms with van der Waals surface area (Å²) in [6.07, 6.45) is 3.84. The van der Waals surface area contributed by atoms with Gasteiger partial charge in [-0.05, 0) is 54.8 Å². The first-order valence-electron chi connectivity index (χ1n) is 12.2. The standard InChI is InChI=1S/C27H27FN6OS/c28-20-9-7-19(8-10-20)18-34-24-6-2-1-4-22(24)31-26(34)30-21-11-14-33(15-12-21)16-17-35-27-32-23-5-3-13-29-25(23)36-27/h1-10,13,21H,11-12,14-18H2,(H,30,31). The van der Waals surface area contributed by atoms with Gasteiger partial charge in [0.05, 0.1) is 17.6 Å². The first-order valence-corrected chi connectivity index (χ1v) is 13.1. The van der Waals surface area contributed by atoms with Gasteiger partial charge in [0, 0.05) is 31.9 Å². The summed E-state index contributed by atoms with van der Waals surface area (Å²) < 4.78 is 21.5. The van der Waals surface area contributed by atoms with E-state index in [4.69, 9.17) is 9.72 Å². The Morgan fingerprint density at radius 2 is 1.78 bits per heavy atom. The molecule has 0 bridgehead atoms. The molecule has 4 heterocycles. The molecule has 1 N–H and O–H groups in total. The highest BCUT2D eigenvalue weighted by Gasteiger charge is 2.21. The van der Waals surface area contributed by atoms with E-state index < -0.39 is 0 Å². The lowest BCUT2D eigenvalue weighted by Crippen LogP contribution is -2.41. The number of nitrogens with zero attached hydrogens (tertiary/aromatic N) is 5. The predicted octanol–water partition coefficient (Wildman–Crippen LogP) is 5.18. The van der Waals surface area contributed by atoms with Crippen LogP contribution in [0.3, 0.4) is 0 Å². The van der Waals surface area contributed by atoms with Crippen molar-refractivity contribution in [2.75, 3.05) is 31.6 Å². The zero-order chi connectivity index (χ0) is 24.3. The van der Waals surface area contributed by atoms with Crippen LogP contribution in [0.5, 0.6) is 5.19 Å². The molecule has 3 aromatic heterocycles. The quantitative estimate of drug-likeness (QED) is 0.315. The van der Waals surface area contributed by atoms with Crippen molar-refractivity contribution in [3.63, 3.8) is 0 Å². The van der Waals surface area contributed by atoms with Gasteiger partial charge in [0.2, 0.25) is 5.95 Å². The van der Waals surface area contributed by atoms with E-state index in [0.29, 0.717) is 24.4 Å². The normalized spacial score (nSPS) is 15.0. The molecular weight excluding hydrogens is 475 g/mol. The number of benzene rings is 2. The first-order chi connectivity index (χ1) is 17.7. The van der Waals surface area contributed by atoms with Gasteiger partial charge in [-0.2, -0.15) is 0 Å². The van der Waals surface area contributed by atoms with Crippen molar-refractivity contribution in [3.05, 3.63) is 78.2 Å². The Morgan fingerprint density at radius 3 is 2.61 bits per heavy atom. The number of hydrogen-bond acceptors (Lipinski definition) is 7. The van der Waals surface area contributed by atoms with Gasteiger partial charge in [-0.3, -0.25) is 4.90 Å². The number of para-hydroxylation sites is 2. The molecule has 6 rings (SSSR count). The lowest BCUT2D eigenvalue weighted by molar-refractivity contribution is 0.177. The van der Waals surface area contributed by atoms with Crippen LogP contribution in [0.4, 0.5) is 10.3 Å². The Hall–Kier alpha value is -3.56. The Morgan fingerprint density at radius 1 is 0.972 bits per heavy atom. The summed E-state index contributed by atoms with van der Waals surface area (Å²) in [4.78, 5) is 17.0. The molecule has 2 aromatic carbocycles. The number of rotatable bonds is 8. The van der Waals surface area contributed by atoms with Gasteiger partial charge in [0.15, 0.2) is 0 Å². The molecule has 0 radical (unpaired) electrons. The summed E-state index contributed by atoms with van der Waals surface area (Å²) in [6.45, 7) is 4.13. The highest BCUT2D eigenvalue weighted by atomic mass is 32.1. The van der Waals surface area contributed by atoms with Crippen molar-refractivity contribution in [3.8, 4) is 5.19 Å². The fraction of sp³-hybridized carbons (Fsp3) is 0.296. The summed E-state index contributed by atoms with van der Waals surface area (Å²) in [6, 6.07) is 19.0. The lowest BCUT2D eigenvalue weighted by atomic mass is 10.1. The minimum atomic E-state index is -0.221. The minimum Gasteiger partial charge on any atom is -0.469 e. The maximum Gasteiger partial charge on any atom is 0.275 e. The summed E-state index contributed by atoms with van der Waals surface area (Å²) in [5, 5.41) is 4.37. The van der Waals surface area contributed by atoms with Crippen molar-refractivity contribution < 1.29 is 9.13 Å². The van der Waals surface area contributed by atoms with Crippen molar-refractivity contribution in [2.24, 2.45) is 0 Å². The van der Waals surface area contributed by atoms with Crippen molar-refractivity contribution in [1.82, 2.24) is 24.4 Å². The van der Waals surface area contributed by atoms with Gasteiger partial charge < -0.3 is 14.6 Å². The Bertz CT molecular complexity index is 1430. The minimum absolute atomic E-state index is 0.221. The molecular formula is C27H27FN6OS. The molecule has 5 aromatic rings. The Balaban J connectivity index is 1.05. The van der Waals surface area contributed by atoms with Gasteiger partial charge in [-0.25, -0.2) is 19.3 Å². The molecule has 0 unspecified atom stereocenters. The topological polar surface area (TPSA) is 68.1 Å². The van der Waals surface area contributed by atoms with Gasteiger partial charge >= 0.3 is 0 Å². The number of pyridine rings is 1. The van der Waals surface area contributed by atoms with E-state index in [0.717, 1.165) is 65.4 Å². The van der Waals surface area contributed by atoms with E-state index in [1.807, 2.05) is 42.5 Å². The highest BCUT2D eigenvalue weighted by Crippen LogP contribution is 2.26.